The average molecular weight is 348 g/mol. The van der Waals surface area contributed by atoms with Gasteiger partial charge in [0.2, 0.25) is 5.78 Å². The van der Waals surface area contributed by atoms with Crippen LogP contribution in [0, 0.1) is 0 Å². The van der Waals surface area contributed by atoms with E-state index in [0.29, 0.717) is 28.9 Å². The van der Waals surface area contributed by atoms with Gasteiger partial charge in [0.15, 0.2) is 5.69 Å². The van der Waals surface area contributed by atoms with Crippen molar-refractivity contribution < 1.29 is 4.79 Å². The smallest absolute Gasteiger partial charge is 0.280 e. The number of carbonyl (C=O) groups excluding carboxylic acids is 1. The summed E-state index contributed by atoms with van der Waals surface area (Å²) in [7, 11) is 0. The molecule has 0 saturated carbocycles. The van der Waals surface area contributed by atoms with Gasteiger partial charge < -0.3 is 10.3 Å². The topological polar surface area (TPSA) is 105 Å². The second-order valence-corrected chi connectivity index (χ2v) is 5.86. The van der Waals surface area contributed by atoms with Gasteiger partial charge in [-0.15, -0.1) is 0 Å². The third kappa shape index (κ3) is 2.81. The molecule has 0 spiro atoms. The van der Waals surface area contributed by atoms with E-state index in [1.54, 1.807) is 40.9 Å². The number of H-pyrrole nitrogens is 1. The lowest BCUT2D eigenvalue weighted by Crippen LogP contribution is -2.33. The number of imidazole rings is 1. The number of aromatic nitrogens is 5. The fourth-order valence-corrected chi connectivity index (χ4v) is 2.81. The number of rotatable bonds is 4. The Hall–Kier alpha value is -3.55. The van der Waals surface area contributed by atoms with Gasteiger partial charge in [-0.3, -0.25) is 14.0 Å². The van der Waals surface area contributed by atoms with Gasteiger partial charge in [-0.1, -0.05) is 19.1 Å². The van der Waals surface area contributed by atoms with Gasteiger partial charge in [0.25, 0.3) is 11.5 Å². The molecule has 0 fully saturated rings. The second-order valence-electron chi connectivity index (χ2n) is 5.86. The normalized spacial score (nSPS) is 12.3. The van der Waals surface area contributed by atoms with Crippen LogP contribution in [0.2, 0.25) is 0 Å². The molecule has 0 bridgehead atoms. The molecule has 1 aromatic carbocycles. The molecule has 0 saturated heterocycles. The molecule has 1 amide bonds. The number of carbonyl (C=O) groups is 1. The summed E-state index contributed by atoms with van der Waals surface area (Å²) in [6, 6.07) is 8.53. The summed E-state index contributed by atoms with van der Waals surface area (Å²) in [5, 5.41) is 2.84. The molecule has 0 unspecified atom stereocenters. The molecular formula is C18H16N6O2. The molecule has 130 valence electrons. The van der Waals surface area contributed by atoms with Crippen LogP contribution in [-0.2, 0) is 0 Å². The summed E-state index contributed by atoms with van der Waals surface area (Å²) in [5.41, 5.74) is 1.14. The molecule has 4 rings (SSSR count). The summed E-state index contributed by atoms with van der Waals surface area (Å²) in [4.78, 5) is 40.3. The van der Waals surface area contributed by atoms with Crippen molar-refractivity contribution in [1.29, 1.82) is 0 Å². The Bertz CT molecular complexity index is 1130. The third-order valence-electron chi connectivity index (χ3n) is 4.14. The van der Waals surface area contributed by atoms with Crippen molar-refractivity contribution >= 4 is 22.7 Å². The number of aromatic amines is 1. The Morgan fingerprint density at radius 2 is 2.12 bits per heavy atom. The number of hydrogen-bond acceptors (Lipinski definition) is 5. The molecule has 3 heterocycles. The molecule has 8 heteroatoms. The van der Waals surface area contributed by atoms with Gasteiger partial charge in [0.1, 0.15) is 0 Å². The highest BCUT2D eigenvalue weighted by molar-refractivity contribution is 5.93. The minimum atomic E-state index is -0.533. The van der Waals surface area contributed by atoms with E-state index in [1.165, 1.54) is 0 Å². The van der Waals surface area contributed by atoms with Crippen molar-refractivity contribution in [2.45, 2.75) is 19.4 Å². The number of hydrogen-bond donors (Lipinski definition) is 2. The van der Waals surface area contributed by atoms with Crippen LogP contribution in [-0.4, -0.2) is 30.2 Å². The van der Waals surface area contributed by atoms with E-state index in [4.69, 9.17) is 0 Å². The highest BCUT2D eigenvalue weighted by atomic mass is 16.2. The van der Waals surface area contributed by atoms with E-state index in [1.807, 2.05) is 19.3 Å². The Morgan fingerprint density at radius 3 is 2.92 bits per heavy atom. The first kappa shape index (κ1) is 15.9. The van der Waals surface area contributed by atoms with E-state index in [9.17, 15) is 9.59 Å². The predicted molar refractivity (Wildman–Crippen MR) is 95.8 cm³/mol. The predicted octanol–water partition coefficient (Wildman–Crippen LogP) is 1.85. The molecule has 0 aliphatic rings. The molecule has 1 atom stereocenters. The van der Waals surface area contributed by atoms with Crippen LogP contribution in [0.25, 0.3) is 16.8 Å². The SMILES string of the molecule is CC[C@@H](NC(=O)c1nc2ccccc2[nH]c1=O)c1cn2cccnc2n1. The monoisotopic (exact) mass is 348 g/mol. The summed E-state index contributed by atoms with van der Waals surface area (Å²) in [5.74, 6) is 0.0192. The van der Waals surface area contributed by atoms with E-state index >= 15 is 0 Å². The average Bonchev–Trinajstić information content (AvgIpc) is 3.09. The van der Waals surface area contributed by atoms with Gasteiger partial charge in [0, 0.05) is 18.6 Å². The molecule has 26 heavy (non-hydrogen) atoms. The first-order valence-corrected chi connectivity index (χ1v) is 8.25. The molecule has 3 aromatic heterocycles. The van der Waals surface area contributed by atoms with Crippen LogP contribution >= 0.6 is 0 Å². The zero-order valence-corrected chi connectivity index (χ0v) is 14.0. The highest BCUT2D eigenvalue weighted by Gasteiger charge is 2.20. The van der Waals surface area contributed by atoms with Gasteiger partial charge >= 0.3 is 0 Å². The van der Waals surface area contributed by atoms with Crippen LogP contribution < -0.4 is 10.9 Å². The third-order valence-corrected chi connectivity index (χ3v) is 4.14. The highest BCUT2D eigenvalue weighted by Crippen LogP contribution is 2.16. The maximum absolute atomic E-state index is 12.6. The molecule has 0 aliphatic carbocycles. The zero-order chi connectivity index (χ0) is 18.1. The number of nitrogens with one attached hydrogen (secondary N) is 2. The number of fused-ring (bicyclic) bond motifs is 2. The molecule has 8 nitrogen and oxygen atoms in total. The minimum Gasteiger partial charge on any atom is -0.342 e. The van der Waals surface area contributed by atoms with E-state index in [-0.39, 0.29) is 11.7 Å². The van der Waals surface area contributed by atoms with E-state index < -0.39 is 11.5 Å². The van der Waals surface area contributed by atoms with Crippen LogP contribution in [0.3, 0.4) is 0 Å². The van der Waals surface area contributed by atoms with Gasteiger partial charge in [-0.25, -0.2) is 15.0 Å². The lowest BCUT2D eigenvalue weighted by molar-refractivity contribution is 0.0928. The van der Waals surface area contributed by atoms with Crippen molar-refractivity contribution in [3.63, 3.8) is 0 Å². The maximum Gasteiger partial charge on any atom is 0.280 e. The zero-order valence-electron chi connectivity index (χ0n) is 14.0. The van der Waals surface area contributed by atoms with Crippen LogP contribution in [0.4, 0.5) is 0 Å². The summed E-state index contributed by atoms with van der Waals surface area (Å²) >= 11 is 0. The number of benzene rings is 1. The van der Waals surface area contributed by atoms with Crippen molar-refractivity contribution in [3.05, 3.63) is 70.7 Å². The van der Waals surface area contributed by atoms with Crippen LogP contribution in [0.15, 0.2) is 53.7 Å². The second kappa shape index (κ2) is 6.40. The molecular weight excluding hydrogens is 332 g/mol. The Morgan fingerprint density at radius 1 is 1.27 bits per heavy atom. The van der Waals surface area contributed by atoms with Gasteiger partial charge in [-0.2, -0.15) is 0 Å². The van der Waals surface area contributed by atoms with Crippen molar-refractivity contribution in [1.82, 2.24) is 29.7 Å². The van der Waals surface area contributed by atoms with Crippen molar-refractivity contribution in [3.8, 4) is 0 Å². The molecule has 0 radical (unpaired) electrons. The Balaban J connectivity index is 1.65. The molecule has 0 aliphatic heterocycles. The standard InChI is InChI=1S/C18H16N6O2/c1-2-11(14-10-24-9-5-8-19-18(24)23-14)21-16(25)15-17(26)22-13-7-4-3-6-12(13)20-15/h3-11H,2H2,1H3,(H,21,25)(H,22,26)/t11-/m1/s1. The van der Waals surface area contributed by atoms with E-state index in [0.717, 1.165) is 0 Å². The Labute approximate surface area is 147 Å². The van der Waals surface area contributed by atoms with Gasteiger partial charge in [0.05, 0.1) is 22.8 Å². The summed E-state index contributed by atoms with van der Waals surface area (Å²) in [6.07, 6.45) is 5.92. The quantitative estimate of drug-likeness (QED) is 0.585. The van der Waals surface area contributed by atoms with Crippen molar-refractivity contribution in [2.75, 3.05) is 0 Å². The first-order chi connectivity index (χ1) is 12.7. The summed E-state index contributed by atoms with van der Waals surface area (Å²) in [6.45, 7) is 1.93. The summed E-state index contributed by atoms with van der Waals surface area (Å²) < 4.78 is 1.78. The lowest BCUT2D eigenvalue weighted by atomic mass is 10.1. The number of para-hydroxylation sites is 2. The number of nitrogens with zero attached hydrogens (tertiary/aromatic N) is 4. The lowest BCUT2D eigenvalue weighted by Gasteiger charge is -2.14. The molecule has 4 aromatic rings. The van der Waals surface area contributed by atoms with E-state index in [2.05, 4.69) is 25.3 Å². The largest absolute Gasteiger partial charge is 0.342 e. The first-order valence-electron chi connectivity index (χ1n) is 8.25. The maximum atomic E-state index is 12.6. The van der Waals surface area contributed by atoms with Crippen LogP contribution in [0.5, 0.6) is 0 Å². The molecule has 2 N–H and O–H groups in total. The van der Waals surface area contributed by atoms with Gasteiger partial charge in [-0.05, 0) is 24.6 Å². The van der Waals surface area contributed by atoms with Crippen molar-refractivity contribution in [2.24, 2.45) is 0 Å². The Kier molecular flexibility index (Phi) is 3.92. The van der Waals surface area contributed by atoms with Crippen LogP contribution in [0.1, 0.15) is 35.6 Å². The number of amides is 1. The minimum absolute atomic E-state index is 0.163. The fraction of sp³-hybridized carbons (Fsp3) is 0.167. The fourth-order valence-electron chi connectivity index (χ4n) is 2.81.